The summed E-state index contributed by atoms with van der Waals surface area (Å²) in [7, 11) is 0. The summed E-state index contributed by atoms with van der Waals surface area (Å²) in [4.78, 5) is 0. The monoisotopic (exact) mass is 184 g/mol. The molecule has 0 aliphatic carbocycles. The van der Waals surface area contributed by atoms with Gasteiger partial charge < -0.3 is 0 Å². The van der Waals surface area contributed by atoms with Crippen LogP contribution in [-0.4, -0.2) is 0 Å². The minimum atomic E-state index is 0.611. The van der Waals surface area contributed by atoms with Gasteiger partial charge in [-0.25, -0.2) is 0 Å². The zero-order valence-electron chi connectivity index (χ0n) is 10.3. The molecule has 0 aromatic carbocycles. The third kappa shape index (κ3) is 3.70. The fourth-order valence-corrected chi connectivity index (χ4v) is 2.63. The first kappa shape index (κ1) is 13.0. The van der Waals surface area contributed by atoms with Gasteiger partial charge in [0.05, 0.1) is 0 Å². The highest BCUT2D eigenvalue weighted by Gasteiger charge is 2.29. The fraction of sp³-hybridized carbons (Fsp3) is 1.00. The van der Waals surface area contributed by atoms with Crippen LogP contribution in [0.2, 0.25) is 0 Å². The quantitative estimate of drug-likeness (QED) is 0.520. The van der Waals surface area contributed by atoms with Gasteiger partial charge in [-0.05, 0) is 17.8 Å². The second kappa shape index (κ2) is 6.45. The molecule has 0 aliphatic heterocycles. The van der Waals surface area contributed by atoms with Crippen molar-refractivity contribution in [3.05, 3.63) is 0 Å². The van der Waals surface area contributed by atoms with Gasteiger partial charge in [-0.1, -0.05) is 66.7 Å². The normalized spacial score (nSPS) is 18.2. The average molecular weight is 184 g/mol. The minimum Gasteiger partial charge on any atom is -0.0654 e. The smallest absolute Gasteiger partial charge is 0.0300 e. The molecule has 80 valence electrons. The molecule has 0 nitrogen and oxygen atoms in total. The first-order chi connectivity index (χ1) is 6.14. The predicted molar refractivity (Wildman–Crippen MR) is 62.0 cm³/mol. The molecule has 2 unspecified atom stereocenters. The Morgan fingerprint density at radius 3 is 1.92 bits per heavy atom. The van der Waals surface area contributed by atoms with E-state index in [1.165, 1.54) is 38.5 Å². The van der Waals surface area contributed by atoms with Gasteiger partial charge in [-0.15, -0.1) is 0 Å². The minimum absolute atomic E-state index is 0.611. The largest absolute Gasteiger partial charge is 0.0654 e. The second-order valence-electron chi connectivity index (χ2n) is 4.65. The fourth-order valence-electron chi connectivity index (χ4n) is 2.63. The van der Waals surface area contributed by atoms with Crippen molar-refractivity contribution in [3.8, 4) is 0 Å². The van der Waals surface area contributed by atoms with Crippen molar-refractivity contribution in [3.63, 3.8) is 0 Å². The first-order valence-electron chi connectivity index (χ1n) is 6.14. The van der Waals surface area contributed by atoms with Crippen LogP contribution in [0.5, 0.6) is 0 Å². The highest BCUT2D eigenvalue weighted by molar-refractivity contribution is 4.80. The Bertz CT molecular complexity index is 117. The van der Waals surface area contributed by atoms with Crippen LogP contribution in [0.1, 0.15) is 73.1 Å². The summed E-state index contributed by atoms with van der Waals surface area (Å²) in [5.74, 6) is 0.947. The van der Waals surface area contributed by atoms with Crippen LogP contribution in [0.25, 0.3) is 0 Å². The number of rotatable bonds is 7. The zero-order valence-corrected chi connectivity index (χ0v) is 10.3. The molecule has 0 saturated carbocycles. The van der Waals surface area contributed by atoms with E-state index in [4.69, 9.17) is 0 Å². The number of hydrogen-bond donors (Lipinski definition) is 0. The molecule has 0 N–H and O–H groups in total. The predicted octanol–water partition coefficient (Wildman–Crippen LogP) is 5.03. The Morgan fingerprint density at radius 1 is 1.00 bits per heavy atom. The molecule has 0 amide bonds. The van der Waals surface area contributed by atoms with Gasteiger partial charge in [-0.2, -0.15) is 0 Å². The van der Waals surface area contributed by atoms with Crippen molar-refractivity contribution >= 4 is 0 Å². The lowest BCUT2D eigenvalue weighted by atomic mass is 9.69. The topological polar surface area (TPSA) is 0 Å². The Balaban J connectivity index is 4.29. The average Bonchev–Trinajstić information content (AvgIpc) is 2.14. The van der Waals surface area contributed by atoms with E-state index in [0.29, 0.717) is 5.41 Å². The van der Waals surface area contributed by atoms with Crippen LogP contribution in [0.15, 0.2) is 0 Å². The maximum Gasteiger partial charge on any atom is -0.0300 e. The highest BCUT2D eigenvalue weighted by Crippen LogP contribution is 2.40. The second-order valence-corrected chi connectivity index (χ2v) is 4.65. The van der Waals surface area contributed by atoms with Gasteiger partial charge in [0.2, 0.25) is 0 Å². The van der Waals surface area contributed by atoms with Crippen molar-refractivity contribution in [2.45, 2.75) is 73.1 Å². The summed E-state index contributed by atoms with van der Waals surface area (Å²) < 4.78 is 0. The lowest BCUT2D eigenvalue weighted by molar-refractivity contribution is 0.143. The molecule has 0 aliphatic rings. The summed E-state index contributed by atoms with van der Waals surface area (Å²) in [6, 6.07) is 0. The molecule has 2 atom stereocenters. The molecule has 0 heteroatoms. The summed E-state index contributed by atoms with van der Waals surface area (Å²) >= 11 is 0. The molecule has 0 rings (SSSR count). The van der Waals surface area contributed by atoms with Gasteiger partial charge in [0.25, 0.3) is 0 Å². The lowest BCUT2D eigenvalue weighted by Crippen LogP contribution is -2.26. The lowest BCUT2D eigenvalue weighted by Gasteiger charge is -2.36. The van der Waals surface area contributed by atoms with Gasteiger partial charge >= 0.3 is 0 Å². The summed E-state index contributed by atoms with van der Waals surface area (Å²) in [6.07, 6.45) is 8.21. The van der Waals surface area contributed by atoms with Gasteiger partial charge in [0.1, 0.15) is 0 Å². The van der Waals surface area contributed by atoms with E-state index >= 15 is 0 Å². The van der Waals surface area contributed by atoms with E-state index in [0.717, 1.165) is 5.92 Å². The highest BCUT2D eigenvalue weighted by atomic mass is 14.3. The van der Waals surface area contributed by atoms with Gasteiger partial charge in [0, 0.05) is 0 Å². The van der Waals surface area contributed by atoms with E-state index in [9.17, 15) is 0 Å². The van der Waals surface area contributed by atoms with Crippen molar-refractivity contribution in [1.82, 2.24) is 0 Å². The summed E-state index contributed by atoms with van der Waals surface area (Å²) in [6.45, 7) is 11.8. The third-order valence-corrected chi connectivity index (χ3v) is 3.74. The SMILES string of the molecule is CCCC(CC)C(C)(CC)CCC. The molecule has 0 radical (unpaired) electrons. The molecule has 0 bridgehead atoms. The van der Waals surface area contributed by atoms with Gasteiger partial charge in [0.15, 0.2) is 0 Å². The van der Waals surface area contributed by atoms with Crippen molar-refractivity contribution in [2.75, 3.05) is 0 Å². The Morgan fingerprint density at radius 2 is 1.62 bits per heavy atom. The van der Waals surface area contributed by atoms with Crippen LogP contribution >= 0.6 is 0 Å². The molecule has 0 spiro atoms. The van der Waals surface area contributed by atoms with Crippen LogP contribution in [-0.2, 0) is 0 Å². The molecule has 0 aromatic heterocycles. The first-order valence-corrected chi connectivity index (χ1v) is 6.14. The number of hydrogen-bond acceptors (Lipinski definition) is 0. The van der Waals surface area contributed by atoms with Crippen LogP contribution in [0, 0.1) is 11.3 Å². The molecular weight excluding hydrogens is 156 g/mol. The van der Waals surface area contributed by atoms with Crippen molar-refractivity contribution in [1.29, 1.82) is 0 Å². The molecule has 0 aromatic rings. The van der Waals surface area contributed by atoms with Gasteiger partial charge in [-0.3, -0.25) is 0 Å². The van der Waals surface area contributed by atoms with Crippen LogP contribution in [0.3, 0.4) is 0 Å². The molecule has 0 saturated heterocycles. The van der Waals surface area contributed by atoms with E-state index in [2.05, 4.69) is 34.6 Å². The van der Waals surface area contributed by atoms with Crippen molar-refractivity contribution < 1.29 is 0 Å². The Labute approximate surface area is 85.1 Å². The molecule has 0 fully saturated rings. The Hall–Kier alpha value is 0. The maximum atomic E-state index is 2.49. The van der Waals surface area contributed by atoms with Crippen LogP contribution < -0.4 is 0 Å². The van der Waals surface area contributed by atoms with Crippen LogP contribution in [0.4, 0.5) is 0 Å². The summed E-state index contributed by atoms with van der Waals surface area (Å²) in [5, 5.41) is 0. The molecule has 13 heavy (non-hydrogen) atoms. The van der Waals surface area contributed by atoms with E-state index in [-0.39, 0.29) is 0 Å². The molecule has 0 heterocycles. The third-order valence-electron chi connectivity index (χ3n) is 3.74. The molecular formula is C13H28. The maximum absolute atomic E-state index is 2.49. The van der Waals surface area contributed by atoms with E-state index in [1.807, 2.05) is 0 Å². The van der Waals surface area contributed by atoms with Crippen molar-refractivity contribution in [2.24, 2.45) is 11.3 Å². The van der Waals surface area contributed by atoms with E-state index in [1.54, 1.807) is 0 Å². The standard InChI is InChI=1S/C13H28/c1-6-10-12(8-3)13(5,9-4)11-7-2/h12H,6-11H2,1-5H3. The zero-order chi connectivity index (χ0) is 10.3. The van der Waals surface area contributed by atoms with E-state index < -0.39 is 0 Å². The Kier molecular flexibility index (Phi) is 6.45. The summed E-state index contributed by atoms with van der Waals surface area (Å²) in [5.41, 5.74) is 0.611.